The second-order valence-electron chi connectivity index (χ2n) is 5.71. The summed E-state index contributed by atoms with van der Waals surface area (Å²) in [6.45, 7) is 1.02. The zero-order valence-corrected chi connectivity index (χ0v) is 14.4. The molecule has 0 aliphatic rings. The van der Waals surface area contributed by atoms with E-state index in [2.05, 4.69) is 5.10 Å². The highest BCUT2D eigenvalue weighted by Crippen LogP contribution is 2.28. The van der Waals surface area contributed by atoms with E-state index < -0.39 is 24.5 Å². The first-order valence-electron chi connectivity index (χ1n) is 8.05. The number of aromatic nitrogens is 2. The molecule has 0 aliphatic heterocycles. The molecule has 0 saturated carbocycles. The molecule has 0 fully saturated rings. The number of benzene rings is 1. The van der Waals surface area contributed by atoms with E-state index in [9.17, 15) is 18.0 Å². The summed E-state index contributed by atoms with van der Waals surface area (Å²) >= 11 is 0. The number of hydrogen-bond donors (Lipinski definition) is 2. The Morgan fingerprint density at radius 2 is 2.04 bits per heavy atom. The maximum Gasteiger partial charge on any atom is 0.446 e. The molecule has 2 rings (SSSR count). The Morgan fingerprint density at radius 1 is 1.30 bits per heavy atom. The standard InChI is InChI=1S/C17H19F3N2O5/c1-2-26-15(23)13-9-21-22(10-13)7-6-12-4-3-5-14(8-12)27-11-16(24,25)17(18,19)20/h3-5,8-10,24-25H,2,6-7,11H2,1H3. The molecule has 0 bridgehead atoms. The highest BCUT2D eigenvalue weighted by molar-refractivity contribution is 5.88. The van der Waals surface area contributed by atoms with Crippen molar-refractivity contribution in [2.75, 3.05) is 13.2 Å². The lowest BCUT2D eigenvalue weighted by Crippen LogP contribution is -2.49. The van der Waals surface area contributed by atoms with E-state index in [1.54, 1.807) is 19.1 Å². The summed E-state index contributed by atoms with van der Waals surface area (Å²) in [6, 6.07) is 6.20. The van der Waals surface area contributed by atoms with E-state index in [-0.39, 0.29) is 12.4 Å². The van der Waals surface area contributed by atoms with Gasteiger partial charge >= 0.3 is 12.1 Å². The van der Waals surface area contributed by atoms with Crippen molar-refractivity contribution in [3.63, 3.8) is 0 Å². The average Bonchev–Trinajstić information content (AvgIpc) is 3.07. The first-order valence-corrected chi connectivity index (χ1v) is 8.05. The van der Waals surface area contributed by atoms with Crippen LogP contribution in [-0.2, 0) is 17.7 Å². The van der Waals surface area contributed by atoms with E-state index in [4.69, 9.17) is 19.7 Å². The van der Waals surface area contributed by atoms with Crippen molar-refractivity contribution < 1.29 is 37.7 Å². The molecule has 1 aromatic carbocycles. The fourth-order valence-corrected chi connectivity index (χ4v) is 2.11. The highest BCUT2D eigenvalue weighted by Gasteiger charge is 2.53. The fourth-order valence-electron chi connectivity index (χ4n) is 2.11. The maximum absolute atomic E-state index is 12.4. The van der Waals surface area contributed by atoms with Crippen LogP contribution in [0.15, 0.2) is 36.7 Å². The first kappa shape index (κ1) is 20.7. The molecular formula is C17H19F3N2O5. The van der Waals surface area contributed by atoms with Gasteiger partial charge in [-0.25, -0.2) is 4.79 Å². The lowest BCUT2D eigenvalue weighted by Gasteiger charge is -2.24. The molecule has 27 heavy (non-hydrogen) atoms. The van der Waals surface area contributed by atoms with Crippen molar-refractivity contribution in [3.05, 3.63) is 47.8 Å². The fraction of sp³-hybridized carbons (Fsp3) is 0.412. The van der Waals surface area contributed by atoms with Crippen molar-refractivity contribution in [2.45, 2.75) is 31.9 Å². The quantitative estimate of drug-likeness (QED) is 0.530. The number of carbonyl (C=O) groups is 1. The van der Waals surface area contributed by atoms with Crippen LogP contribution < -0.4 is 4.74 Å². The largest absolute Gasteiger partial charge is 0.488 e. The molecule has 1 heterocycles. The first-order chi connectivity index (χ1) is 12.6. The van der Waals surface area contributed by atoms with Gasteiger partial charge in [-0.1, -0.05) is 12.1 Å². The molecule has 0 amide bonds. The molecule has 2 aromatic rings. The van der Waals surface area contributed by atoms with Crippen molar-refractivity contribution >= 4 is 5.97 Å². The number of alkyl halides is 3. The number of rotatable bonds is 8. The van der Waals surface area contributed by atoms with Crippen molar-refractivity contribution in [3.8, 4) is 5.75 Å². The molecule has 7 nitrogen and oxygen atoms in total. The van der Waals surface area contributed by atoms with Gasteiger partial charge in [-0.2, -0.15) is 18.3 Å². The molecule has 148 valence electrons. The van der Waals surface area contributed by atoms with Crippen LogP contribution in [0.5, 0.6) is 5.75 Å². The Hall–Kier alpha value is -2.59. The molecule has 0 spiro atoms. The van der Waals surface area contributed by atoms with E-state index in [1.807, 2.05) is 0 Å². The van der Waals surface area contributed by atoms with Gasteiger partial charge in [0.15, 0.2) is 6.61 Å². The third-order valence-electron chi connectivity index (χ3n) is 3.57. The number of aliphatic hydroxyl groups is 2. The average molecular weight is 388 g/mol. The molecule has 10 heteroatoms. The molecule has 1 aromatic heterocycles. The molecule has 0 radical (unpaired) electrons. The summed E-state index contributed by atoms with van der Waals surface area (Å²) in [5.41, 5.74) is 1.05. The van der Waals surface area contributed by atoms with E-state index in [0.29, 0.717) is 18.5 Å². The summed E-state index contributed by atoms with van der Waals surface area (Å²) < 4.78 is 48.5. The van der Waals surface area contributed by atoms with Crippen molar-refractivity contribution in [2.24, 2.45) is 0 Å². The van der Waals surface area contributed by atoms with Crippen LogP contribution in [0, 0.1) is 0 Å². The molecule has 0 saturated heterocycles. The molecule has 0 unspecified atom stereocenters. The molecule has 2 N–H and O–H groups in total. The minimum absolute atomic E-state index is 0.0666. The van der Waals surface area contributed by atoms with Crippen LogP contribution in [-0.4, -0.2) is 51.1 Å². The van der Waals surface area contributed by atoms with E-state index >= 15 is 0 Å². The highest BCUT2D eigenvalue weighted by atomic mass is 19.4. The zero-order valence-electron chi connectivity index (χ0n) is 14.4. The van der Waals surface area contributed by atoms with Gasteiger partial charge in [0, 0.05) is 12.7 Å². The van der Waals surface area contributed by atoms with Gasteiger partial charge in [0.2, 0.25) is 0 Å². The number of halogens is 3. The third kappa shape index (κ3) is 5.69. The van der Waals surface area contributed by atoms with Crippen LogP contribution in [0.3, 0.4) is 0 Å². The summed E-state index contributed by atoms with van der Waals surface area (Å²) in [6.07, 6.45) is -1.84. The minimum Gasteiger partial charge on any atom is -0.488 e. The van der Waals surface area contributed by atoms with Crippen LogP contribution in [0.1, 0.15) is 22.8 Å². The van der Waals surface area contributed by atoms with Crippen LogP contribution in [0.2, 0.25) is 0 Å². The van der Waals surface area contributed by atoms with Crippen LogP contribution >= 0.6 is 0 Å². The second-order valence-corrected chi connectivity index (χ2v) is 5.71. The summed E-state index contributed by atoms with van der Waals surface area (Å²) in [5.74, 6) is -4.33. The summed E-state index contributed by atoms with van der Waals surface area (Å²) in [7, 11) is 0. The topological polar surface area (TPSA) is 93.8 Å². The van der Waals surface area contributed by atoms with Gasteiger partial charge < -0.3 is 19.7 Å². The normalized spacial score (nSPS) is 12.1. The van der Waals surface area contributed by atoms with Crippen molar-refractivity contribution in [1.29, 1.82) is 0 Å². The van der Waals surface area contributed by atoms with Gasteiger partial charge in [0.25, 0.3) is 5.79 Å². The number of carbonyl (C=O) groups excluding carboxylic acids is 1. The summed E-state index contributed by atoms with van der Waals surface area (Å²) in [4.78, 5) is 11.6. The Morgan fingerprint density at radius 3 is 2.70 bits per heavy atom. The Labute approximate surface area is 152 Å². The van der Waals surface area contributed by atoms with Crippen LogP contribution in [0.4, 0.5) is 13.2 Å². The van der Waals surface area contributed by atoms with Gasteiger partial charge in [0.05, 0.1) is 18.4 Å². The van der Waals surface area contributed by atoms with E-state index in [0.717, 1.165) is 5.56 Å². The molecule has 0 aliphatic carbocycles. The predicted molar refractivity (Wildman–Crippen MR) is 87.0 cm³/mol. The lowest BCUT2D eigenvalue weighted by molar-refractivity contribution is -0.355. The second kappa shape index (κ2) is 8.40. The third-order valence-corrected chi connectivity index (χ3v) is 3.57. The minimum atomic E-state index is -5.22. The Kier molecular flexibility index (Phi) is 6.45. The Balaban J connectivity index is 1.93. The van der Waals surface area contributed by atoms with E-state index in [1.165, 1.54) is 29.2 Å². The predicted octanol–water partition coefficient (Wildman–Crippen LogP) is 1.92. The summed E-state index contributed by atoms with van der Waals surface area (Å²) in [5, 5.41) is 22.0. The van der Waals surface area contributed by atoms with Crippen molar-refractivity contribution in [1.82, 2.24) is 9.78 Å². The van der Waals surface area contributed by atoms with Gasteiger partial charge in [-0.05, 0) is 31.0 Å². The molecule has 0 atom stereocenters. The van der Waals surface area contributed by atoms with Crippen LogP contribution in [0.25, 0.3) is 0 Å². The lowest BCUT2D eigenvalue weighted by atomic mass is 10.1. The number of esters is 1. The SMILES string of the molecule is CCOC(=O)c1cnn(CCc2cccc(OCC(O)(O)C(F)(F)F)c2)c1. The van der Waals surface area contributed by atoms with Gasteiger partial charge in [-0.3, -0.25) is 4.68 Å². The zero-order chi connectivity index (χ0) is 20.1. The Bertz CT molecular complexity index is 774. The monoisotopic (exact) mass is 388 g/mol. The number of hydrogen-bond acceptors (Lipinski definition) is 6. The molecular weight excluding hydrogens is 369 g/mol. The van der Waals surface area contributed by atoms with Gasteiger partial charge in [0.1, 0.15) is 5.75 Å². The number of nitrogens with zero attached hydrogens (tertiary/aromatic N) is 2. The number of aryl methyl sites for hydroxylation is 2. The van der Waals surface area contributed by atoms with Gasteiger partial charge in [-0.15, -0.1) is 0 Å². The smallest absolute Gasteiger partial charge is 0.446 e. The maximum atomic E-state index is 12.4. The number of ether oxygens (including phenoxy) is 2.